The van der Waals surface area contributed by atoms with Gasteiger partial charge in [-0.15, -0.1) is 0 Å². The number of carbonyl (C=O) groups excluding carboxylic acids is 1. The molecule has 1 unspecified atom stereocenters. The summed E-state index contributed by atoms with van der Waals surface area (Å²) >= 11 is 0. The molecular formula is C16H25N3O3S. The quantitative estimate of drug-likeness (QED) is 0.815. The second-order valence-corrected chi connectivity index (χ2v) is 8.63. The molecule has 2 N–H and O–H groups in total. The van der Waals surface area contributed by atoms with Gasteiger partial charge in [-0.2, -0.15) is 4.31 Å². The van der Waals surface area contributed by atoms with Crippen molar-refractivity contribution in [1.82, 2.24) is 9.21 Å². The van der Waals surface area contributed by atoms with Gasteiger partial charge in [-0.25, -0.2) is 8.42 Å². The summed E-state index contributed by atoms with van der Waals surface area (Å²) in [6, 6.07) is 9.44. The average molecular weight is 339 g/mol. The summed E-state index contributed by atoms with van der Waals surface area (Å²) in [4.78, 5) is 13.8. The molecule has 0 aromatic heterocycles. The van der Waals surface area contributed by atoms with E-state index in [2.05, 4.69) is 0 Å². The first-order valence-electron chi connectivity index (χ1n) is 7.88. The van der Waals surface area contributed by atoms with E-state index in [9.17, 15) is 13.2 Å². The minimum absolute atomic E-state index is 0.143. The van der Waals surface area contributed by atoms with Gasteiger partial charge < -0.3 is 5.73 Å². The number of benzene rings is 1. The summed E-state index contributed by atoms with van der Waals surface area (Å²) in [7, 11) is -3.36. The Morgan fingerprint density at radius 1 is 1.26 bits per heavy atom. The summed E-state index contributed by atoms with van der Waals surface area (Å²) < 4.78 is 26.0. The largest absolute Gasteiger partial charge is 0.368 e. The summed E-state index contributed by atoms with van der Waals surface area (Å²) in [5, 5.41) is -0.494. The van der Waals surface area contributed by atoms with E-state index in [0.29, 0.717) is 19.6 Å². The number of piperazine rings is 1. The number of hydrogen-bond acceptors (Lipinski definition) is 4. The van der Waals surface area contributed by atoms with Crippen molar-refractivity contribution in [2.24, 2.45) is 5.73 Å². The molecule has 1 aromatic rings. The molecule has 0 bridgehead atoms. The maximum atomic E-state index is 12.3. The van der Waals surface area contributed by atoms with Gasteiger partial charge in [-0.1, -0.05) is 30.3 Å². The highest BCUT2D eigenvalue weighted by atomic mass is 32.2. The second-order valence-electron chi connectivity index (χ2n) is 6.14. The highest BCUT2D eigenvalue weighted by molar-refractivity contribution is 7.89. The minimum Gasteiger partial charge on any atom is -0.368 e. The van der Waals surface area contributed by atoms with Crippen molar-refractivity contribution in [1.29, 1.82) is 0 Å². The first-order chi connectivity index (χ1) is 10.8. The van der Waals surface area contributed by atoms with Crippen LogP contribution in [0.5, 0.6) is 0 Å². The van der Waals surface area contributed by atoms with Gasteiger partial charge in [0.15, 0.2) is 0 Å². The smallest absolute Gasteiger partial charge is 0.236 e. The molecule has 1 heterocycles. The Morgan fingerprint density at radius 3 is 2.48 bits per heavy atom. The number of amides is 1. The molecule has 0 radical (unpaired) electrons. The van der Waals surface area contributed by atoms with Crippen molar-refractivity contribution < 1.29 is 13.2 Å². The number of primary amides is 1. The Balaban J connectivity index is 2.04. The van der Waals surface area contributed by atoms with E-state index >= 15 is 0 Å². The number of nitrogens with zero attached hydrogens (tertiary/aromatic N) is 2. The Hall–Kier alpha value is -1.44. The van der Waals surface area contributed by atoms with E-state index in [-0.39, 0.29) is 6.54 Å². The van der Waals surface area contributed by atoms with Gasteiger partial charge in [0, 0.05) is 26.2 Å². The van der Waals surface area contributed by atoms with Crippen LogP contribution in [-0.2, 0) is 21.2 Å². The van der Waals surface area contributed by atoms with Crippen LogP contribution in [0.15, 0.2) is 30.3 Å². The lowest BCUT2D eigenvalue weighted by Gasteiger charge is -2.39. The third-order valence-corrected chi connectivity index (χ3v) is 6.51. The van der Waals surface area contributed by atoms with Gasteiger partial charge in [-0.3, -0.25) is 9.69 Å². The maximum absolute atomic E-state index is 12.3. The monoisotopic (exact) mass is 339 g/mol. The van der Waals surface area contributed by atoms with Crippen molar-refractivity contribution in [3.05, 3.63) is 35.9 Å². The zero-order valence-electron chi connectivity index (χ0n) is 13.7. The molecule has 1 amide bonds. The van der Waals surface area contributed by atoms with Crippen LogP contribution in [0.3, 0.4) is 0 Å². The summed E-state index contributed by atoms with van der Waals surface area (Å²) in [5.41, 5.74) is 6.69. The molecule has 1 saturated heterocycles. The molecule has 6 nitrogen and oxygen atoms in total. The molecule has 1 atom stereocenters. The lowest BCUT2D eigenvalue weighted by molar-refractivity contribution is -0.124. The molecule has 0 aliphatic carbocycles. The molecule has 1 fully saturated rings. The number of carbonyl (C=O) groups is 1. The van der Waals surface area contributed by atoms with Gasteiger partial charge in [0.2, 0.25) is 15.9 Å². The molecule has 1 aromatic carbocycles. The van der Waals surface area contributed by atoms with E-state index in [0.717, 1.165) is 6.42 Å². The third-order valence-electron chi connectivity index (χ3n) is 4.27. The van der Waals surface area contributed by atoms with Crippen molar-refractivity contribution in [2.45, 2.75) is 31.6 Å². The van der Waals surface area contributed by atoms with Crippen LogP contribution in [0.1, 0.15) is 19.4 Å². The summed E-state index contributed by atoms with van der Waals surface area (Å²) in [6.07, 6.45) is 0.807. The van der Waals surface area contributed by atoms with Crippen LogP contribution in [-0.4, -0.2) is 61.0 Å². The molecule has 0 saturated carbocycles. The molecule has 7 heteroatoms. The molecule has 128 valence electrons. The van der Waals surface area contributed by atoms with E-state index in [1.54, 1.807) is 13.8 Å². The molecule has 1 aliphatic rings. The molecule has 1 aliphatic heterocycles. The number of nitrogens with two attached hydrogens (primary N) is 1. The first kappa shape index (κ1) is 17.9. The van der Waals surface area contributed by atoms with Crippen molar-refractivity contribution >= 4 is 15.9 Å². The fraction of sp³-hybridized carbons (Fsp3) is 0.562. The fourth-order valence-electron chi connectivity index (χ4n) is 2.78. The van der Waals surface area contributed by atoms with Crippen LogP contribution in [0.4, 0.5) is 0 Å². The van der Waals surface area contributed by atoms with E-state index in [1.165, 1.54) is 9.87 Å². The Labute approximate surface area is 138 Å². The predicted octanol–water partition coefficient (Wildman–Crippen LogP) is 0.439. The van der Waals surface area contributed by atoms with E-state index in [1.807, 2.05) is 35.2 Å². The molecular weight excluding hydrogens is 314 g/mol. The number of hydrogen-bond donors (Lipinski definition) is 1. The lowest BCUT2D eigenvalue weighted by atomic mass is 10.1. The van der Waals surface area contributed by atoms with E-state index < -0.39 is 27.2 Å². The lowest BCUT2D eigenvalue weighted by Crippen LogP contribution is -2.60. The standard InChI is InChI=1S/C16H25N3O3S/c1-13(2)23(21,22)19-11-10-18(15(12-19)16(17)20)9-8-14-6-4-3-5-7-14/h3-7,13,15H,8-12H2,1-2H3,(H2,17,20). The zero-order valence-corrected chi connectivity index (χ0v) is 14.5. The Morgan fingerprint density at radius 2 is 1.91 bits per heavy atom. The second kappa shape index (κ2) is 7.42. The van der Waals surface area contributed by atoms with Crippen LogP contribution >= 0.6 is 0 Å². The van der Waals surface area contributed by atoms with Crippen molar-refractivity contribution in [3.63, 3.8) is 0 Å². The summed E-state index contributed by atoms with van der Waals surface area (Å²) in [5.74, 6) is -0.471. The predicted molar refractivity (Wildman–Crippen MR) is 90.3 cm³/mol. The zero-order chi connectivity index (χ0) is 17.0. The van der Waals surface area contributed by atoms with Crippen molar-refractivity contribution in [2.75, 3.05) is 26.2 Å². The average Bonchev–Trinajstić information content (AvgIpc) is 2.53. The fourth-order valence-corrected chi connectivity index (χ4v) is 4.06. The van der Waals surface area contributed by atoms with Gasteiger partial charge in [0.25, 0.3) is 0 Å². The van der Waals surface area contributed by atoms with Crippen LogP contribution in [0.25, 0.3) is 0 Å². The number of rotatable bonds is 6. The first-order valence-corrected chi connectivity index (χ1v) is 9.39. The van der Waals surface area contributed by atoms with Gasteiger partial charge in [0.05, 0.1) is 5.25 Å². The van der Waals surface area contributed by atoms with Gasteiger partial charge >= 0.3 is 0 Å². The molecule has 0 spiro atoms. The highest BCUT2D eigenvalue weighted by Gasteiger charge is 2.36. The Bertz CT molecular complexity index is 631. The third kappa shape index (κ3) is 4.31. The molecule has 2 rings (SSSR count). The Kier molecular flexibility index (Phi) is 5.78. The van der Waals surface area contributed by atoms with E-state index in [4.69, 9.17) is 5.73 Å². The van der Waals surface area contributed by atoms with Crippen LogP contribution < -0.4 is 5.73 Å². The van der Waals surface area contributed by atoms with Crippen LogP contribution in [0, 0.1) is 0 Å². The number of sulfonamides is 1. The van der Waals surface area contributed by atoms with Gasteiger partial charge in [0.1, 0.15) is 6.04 Å². The normalized spacial score (nSPS) is 20.7. The summed E-state index contributed by atoms with van der Waals surface area (Å²) in [6.45, 7) is 5.05. The van der Waals surface area contributed by atoms with Crippen LogP contribution in [0.2, 0.25) is 0 Å². The topological polar surface area (TPSA) is 83.7 Å². The SMILES string of the molecule is CC(C)S(=O)(=O)N1CCN(CCc2ccccc2)C(C(N)=O)C1. The highest BCUT2D eigenvalue weighted by Crippen LogP contribution is 2.17. The maximum Gasteiger partial charge on any atom is 0.236 e. The van der Waals surface area contributed by atoms with Crippen molar-refractivity contribution in [3.8, 4) is 0 Å². The molecule has 23 heavy (non-hydrogen) atoms. The van der Waals surface area contributed by atoms with Gasteiger partial charge in [-0.05, 0) is 25.8 Å². The minimum atomic E-state index is -3.36.